The predicted molar refractivity (Wildman–Crippen MR) is 155 cm³/mol. The van der Waals surface area contributed by atoms with Crippen LogP contribution in [-0.2, 0) is 13.0 Å². The summed E-state index contributed by atoms with van der Waals surface area (Å²) in [5.41, 5.74) is 3.25. The van der Waals surface area contributed by atoms with Crippen molar-refractivity contribution in [2.45, 2.75) is 25.4 Å². The zero-order valence-corrected chi connectivity index (χ0v) is 22.9. The number of nitrogens with one attached hydrogen (secondary N) is 1. The second kappa shape index (κ2) is 11.1. The highest BCUT2D eigenvalue weighted by Crippen LogP contribution is 2.36. The molecule has 0 aliphatic carbocycles. The fourth-order valence-corrected chi connectivity index (χ4v) is 6.24. The van der Waals surface area contributed by atoms with Crippen LogP contribution in [0.5, 0.6) is 0 Å². The van der Waals surface area contributed by atoms with E-state index in [1.165, 1.54) is 0 Å². The van der Waals surface area contributed by atoms with Crippen LogP contribution in [-0.4, -0.2) is 86.1 Å². The average molecular weight is 535 g/mol. The number of hydrogen-bond acceptors (Lipinski definition) is 8. The van der Waals surface area contributed by atoms with Crippen molar-refractivity contribution in [1.29, 1.82) is 10.5 Å². The minimum Gasteiger partial charge on any atom is -0.353 e. The topological polar surface area (TPSA) is 103 Å². The molecular formula is C31H34N8O. The number of carbonyl (C=O) groups is 1. The molecule has 2 aromatic carbocycles. The highest BCUT2D eigenvalue weighted by molar-refractivity contribution is 6.07. The zero-order chi connectivity index (χ0) is 27.6. The smallest absolute Gasteiger partial charge is 0.254 e. The number of pyridine rings is 1. The largest absolute Gasteiger partial charge is 0.353 e. The first-order valence-electron chi connectivity index (χ1n) is 14.1. The van der Waals surface area contributed by atoms with Crippen molar-refractivity contribution in [3.05, 3.63) is 64.7 Å². The van der Waals surface area contributed by atoms with Crippen molar-refractivity contribution in [2.75, 3.05) is 69.2 Å². The molecular weight excluding hydrogens is 500 g/mol. The number of nitrogens with zero attached hydrogens (tertiary/aromatic N) is 7. The molecule has 204 valence electrons. The summed E-state index contributed by atoms with van der Waals surface area (Å²) < 4.78 is 0. The summed E-state index contributed by atoms with van der Waals surface area (Å²) in [5, 5.41) is 25.2. The first-order chi connectivity index (χ1) is 19.6. The van der Waals surface area contributed by atoms with Crippen LogP contribution in [0, 0.1) is 22.7 Å². The Kier molecular flexibility index (Phi) is 7.25. The molecule has 1 unspecified atom stereocenters. The Bertz CT molecular complexity index is 1510. The van der Waals surface area contributed by atoms with Crippen molar-refractivity contribution < 1.29 is 4.79 Å². The molecule has 2 saturated heterocycles. The first-order valence-corrected chi connectivity index (χ1v) is 14.1. The van der Waals surface area contributed by atoms with E-state index in [2.05, 4.69) is 39.2 Å². The van der Waals surface area contributed by atoms with Crippen LogP contribution in [0.2, 0.25) is 0 Å². The molecule has 3 aromatic rings. The van der Waals surface area contributed by atoms with Crippen molar-refractivity contribution in [3.8, 4) is 12.1 Å². The van der Waals surface area contributed by atoms with Gasteiger partial charge in [-0.05, 0) is 35.9 Å². The summed E-state index contributed by atoms with van der Waals surface area (Å²) in [6, 6.07) is 18.7. The predicted octanol–water partition coefficient (Wildman–Crippen LogP) is 2.75. The lowest BCUT2D eigenvalue weighted by Gasteiger charge is -2.40. The van der Waals surface area contributed by atoms with Gasteiger partial charge in [0, 0.05) is 76.1 Å². The molecule has 1 aromatic heterocycles. The first kappa shape index (κ1) is 26.1. The van der Waals surface area contributed by atoms with Gasteiger partial charge in [-0.3, -0.25) is 4.79 Å². The van der Waals surface area contributed by atoms with Gasteiger partial charge in [0.25, 0.3) is 5.91 Å². The summed E-state index contributed by atoms with van der Waals surface area (Å²) in [4.78, 5) is 27.8. The second-order valence-electron chi connectivity index (χ2n) is 11.0. The van der Waals surface area contributed by atoms with Crippen molar-refractivity contribution >= 4 is 28.3 Å². The van der Waals surface area contributed by atoms with Gasteiger partial charge in [-0.15, -0.1) is 0 Å². The molecule has 2 fully saturated rings. The molecule has 9 nitrogen and oxygen atoms in total. The van der Waals surface area contributed by atoms with Crippen LogP contribution in [0.15, 0.2) is 42.5 Å². The lowest BCUT2D eigenvalue weighted by atomic mass is 9.93. The third-order valence-electron chi connectivity index (χ3n) is 8.47. The standard InChI is InChI=1S/C31H34N8O/c1-36-15-17-37(18-16-36)30-27(19-33)28-21-39(31(40)26-8-4-6-22-5-2-3-7-24(22)26)13-10-25(28)29(35-30)38-14-12-34-23(20-38)9-11-32/h2-8,23,34H,9-10,12-18,20-21H2,1H3. The number of anilines is 2. The van der Waals surface area contributed by atoms with Crippen LogP contribution < -0.4 is 15.1 Å². The van der Waals surface area contributed by atoms with Crippen LogP contribution in [0.1, 0.15) is 33.5 Å². The number of amides is 1. The summed E-state index contributed by atoms with van der Waals surface area (Å²) in [5.74, 6) is 1.62. The molecule has 6 rings (SSSR count). The zero-order valence-electron chi connectivity index (χ0n) is 22.9. The number of piperazine rings is 2. The van der Waals surface area contributed by atoms with E-state index in [0.717, 1.165) is 72.8 Å². The number of nitriles is 2. The molecule has 1 N–H and O–H groups in total. The van der Waals surface area contributed by atoms with Gasteiger partial charge in [0.1, 0.15) is 17.7 Å². The van der Waals surface area contributed by atoms with E-state index in [-0.39, 0.29) is 11.9 Å². The number of fused-ring (bicyclic) bond motifs is 2. The van der Waals surface area contributed by atoms with Gasteiger partial charge < -0.3 is 24.9 Å². The van der Waals surface area contributed by atoms with Gasteiger partial charge in [-0.2, -0.15) is 10.5 Å². The third-order valence-corrected chi connectivity index (χ3v) is 8.47. The molecule has 0 spiro atoms. The summed E-state index contributed by atoms with van der Waals surface area (Å²) in [7, 11) is 2.11. The van der Waals surface area contributed by atoms with E-state index in [1.54, 1.807) is 0 Å². The summed E-state index contributed by atoms with van der Waals surface area (Å²) >= 11 is 0. The van der Waals surface area contributed by atoms with Gasteiger partial charge in [-0.1, -0.05) is 36.4 Å². The van der Waals surface area contributed by atoms with E-state index in [4.69, 9.17) is 4.98 Å². The van der Waals surface area contributed by atoms with Crippen LogP contribution >= 0.6 is 0 Å². The third kappa shape index (κ3) is 4.83. The molecule has 9 heteroatoms. The number of likely N-dealkylation sites (N-methyl/N-ethyl adjacent to an activating group) is 1. The molecule has 3 aliphatic rings. The maximum Gasteiger partial charge on any atom is 0.254 e. The average Bonchev–Trinajstić information content (AvgIpc) is 3.00. The number of benzene rings is 2. The van der Waals surface area contributed by atoms with Gasteiger partial charge in [0.15, 0.2) is 0 Å². The second-order valence-corrected chi connectivity index (χ2v) is 11.0. The minimum atomic E-state index is -0.0119. The van der Waals surface area contributed by atoms with Crippen molar-refractivity contribution in [1.82, 2.24) is 20.1 Å². The number of carbonyl (C=O) groups excluding carboxylic acids is 1. The number of hydrogen-bond donors (Lipinski definition) is 1. The van der Waals surface area contributed by atoms with Crippen LogP contribution in [0.4, 0.5) is 11.6 Å². The van der Waals surface area contributed by atoms with E-state index in [9.17, 15) is 15.3 Å². The summed E-state index contributed by atoms with van der Waals surface area (Å²) in [6.45, 7) is 6.61. The lowest BCUT2D eigenvalue weighted by molar-refractivity contribution is 0.0736. The maximum absolute atomic E-state index is 13.9. The molecule has 3 aliphatic heterocycles. The van der Waals surface area contributed by atoms with E-state index < -0.39 is 0 Å². The SMILES string of the molecule is CN1CCN(c2nc(N3CCNC(CC#N)C3)c3c(c2C#N)CN(C(=O)c2cccc4ccccc24)CC3)CC1. The molecule has 0 bridgehead atoms. The Balaban J connectivity index is 1.41. The minimum absolute atomic E-state index is 0.0119. The Morgan fingerprint density at radius 1 is 0.975 bits per heavy atom. The lowest BCUT2D eigenvalue weighted by Crippen LogP contribution is -2.51. The number of aromatic nitrogens is 1. The Hall–Kier alpha value is -4.18. The molecule has 40 heavy (non-hydrogen) atoms. The molecule has 0 radical (unpaired) electrons. The highest BCUT2D eigenvalue weighted by Gasteiger charge is 2.33. The normalized spacial score (nSPS) is 19.7. The van der Waals surface area contributed by atoms with Crippen LogP contribution in [0.3, 0.4) is 0 Å². The highest BCUT2D eigenvalue weighted by atomic mass is 16.2. The molecule has 0 saturated carbocycles. The Morgan fingerprint density at radius 3 is 2.58 bits per heavy atom. The van der Waals surface area contributed by atoms with Gasteiger partial charge in [0.05, 0.1) is 18.1 Å². The van der Waals surface area contributed by atoms with Crippen molar-refractivity contribution in [2.24, 2.45) is 0 Å². The maximum atomic E-state index is 13.9. The van der Waals surface area contributed by atoms with E-state index in [1.807, 2.05) is 47.4 Å². The fraction of sp³-hybridized carbons (Fsp3) is 0.419. The van der Waals surface area contributed by atoms with Gasteiger partial charge in [0.2, 0.25) is 0 Å². The van der Waals surface area contributed by atoms with E-state index in [0.29, 0.717) is 43.6 Å². The van der Waals surface area contributed by atoms with Gasteiger partial charge in [-0.25, -0.2) is 4.98 Å². The molecule has 1 atom stereocenters. The quantitative estimate of drug-likeness (QED) is 0.545. The summed E-state index contributed by atoms with van der Waals surface area (Å²) in [6.07, 6.45) is 1.08. The van der Waals surface area contributed by atoms with Gasteiger partial charge >= 0.3 is 0 Å². The molecule has 1 amide bonds. The van der Waals surface area contributed by atoms with E-state index >= 15 is 0 Å². The van der Waals surface area contributed by atoms with Crippen molar-refractivity contribution in [3.63, 3.8) is 0 Å². The fourth-order valence-electron chi connectivity index (χ4n) is 6.24. The Morgan fingerprint density at radius 2 is 1.77 bits per heavy atom. The number of rotatable bonds is 4. The molecule has 4 heterocycles. The Labute approximate surface area is 235 Å². The monoisotopic (exact) mass is 534 g/mol. The van der Waals surface area contributed by atoms with Crippen LogP contribution in [0.25, 0.3) is 10.8 Å².